The number of allylic oxidation sites excluding steroid dienone is 14. The predicted molar refractivity (Wildman–Crippen MR) is 288 cm³/mol. The van der Waals surface area contributed by atoms with Gasteiger partial charge in [-0.15, -0.1) is 0 Å². The Morgan fingerprint density at radius 2 is 0.582 bits per heavy atom. The Labute approximate surface area is 414 Å². The van der Waals surface area contributed by atoms with Gasteiger partial charge in [0, 0.05) is 19.3 Å². The molecule has 0 heterocycles. The number of hydrogen-bond donors (Lipinski definition) is 0. The topological polar surface area (TPSA) is 78.9 Å². The summed E-state index contributed by atoms with van der Waals surface area (Å²) < 4.78 is 16.8. The van der Waals surface area contributed by atoms with E-state index in [2.05, 4.69) is 106 Å². The third-order valence-corrected chi connectivity index (χ3v) is 11.9. The molecule has 0 saturated heterocycles. The Bertz CT molecular complexity index is 1300. The molecule has 0 fully saturated rings. The molecule has 6 nitrogen and oxygen atoms in total. The smallest absolute Gasteiger partial charge is 0.306 e. The molecule has 0 saturated carbocycles. The molecule has 0 radical (unpaired) electrons. The molecule has 0 N–H and O–H groups in total. The number of esters is 3. The molecule has 0 aromatic heterocycles. The molecule has 1 unspecified atom stereocenters. The number of carbonyl (C=O) groups excluding carboxylic acids is 3. The number of hydrogen-bond acceptors (Lipinski definition) is 6. The van der Waals surface area contributed by atoms with Crippen molar-refractivity contribution in [2.24, 2.45) is 0 Å². The van der Waals surface area contributed by atoms with Crippen molar-refractivity contribution in [3.05, 3.63) is 85.1 Å². The van der Waals surface area contributed by atoms with Crippen molar-refractivity contribution in [3.63, 3.8) is 0 Å². The van der Waals surface area contributed by atoms with Gasteiger partial charge in [-0.2, -0.15) is 0 Å². The second-order valence-electron chi connectivity index (χ2n) is 18.5. The van der Waals surface area contributed by atoms with Gasteiger partial charge in [0.2, 0.25) is 0 Å². The van der Waals surface area contributed by atoms with E-state index in [1.54, 1.807) is 0 Å². The van der Waals surface area contributed by atoms with Crippen molar-refractivity contribution < 1.29 is 28.6 Å². The molecule has 0 aromatic rings. The molecule has 0 aliphatic carbocycles. The van der Waals surface area contributed by atoms with Gasteiger partial charge in [0.05, 0.1) is 0 Å². The van der Waals surface area contributed by atoms with E-state index in [0.717, 1.165) is 109 Å². The first-order valence-corrected chi connectivity index (χ1v) is 28.1. The fourth-order valence-electron chi connectivity index (χ4n) is 7.68. The van der Waals surface area contributed by atoms with Gasteiger partial charge >= 0.3 is 17.9 Å². The van der Waals surface area contributed by atoms with Crippen molar-refractivity contribution in [2.45, 2.75) is 271 Å². The minimum Gasteiger partial charge on any atom is -0.462 e. The highest BCUT2D eigenvalue weighted by Crippen LogP contribution is 2.15. The van der Waals surface area contributed by atoms with Crippen LogP contribution in [0.1, 0.15) is 265 Å². The lowest BCUT2D eigenvalue weighted by Crippen LogP contribution is -2.30. The summed E-state index contributed by atoms with van der Waals surface area (Å²) in [5, 5.41) is 0. The van der Waals surface area contributed by atoms with Gasteiger partial charge in [-0.05, 0) is 96.3 Å². The van der Waals surface area contributed by atoms with Crippen LogP contribution in [0.5, 0.6) is 0 Å². The van der Waals surface area contributed by atoms with Crippen LogP contribution < -0.4 is 0 Å². The first kappa shape index (κ1) is 63.6. The van der Waals surface area contributed by atoms with E-state index in [4.69, 9.17) is 14.2 Å². The third-order valence-electron chi connectivity index (χ3n) is 11.9. The Morgan fingerprint density at radius 1 is 0.313 bits per heavy atom. The van der Waals surface area contributed by atoms with Crippen LogP contribution in [-0.2, 0) is 28.6 Å². The molecule has 0 amide bonds. The lowest BCUT2D eigenvalue weighted by Gasteiger charge is -2.18. The Hall–Kier alpha value is -3.41. The summed E-state index contributed by atoms with van der Waals surface area (Å²) in [6, 6.07) is 0. The maximum absolute atomic E-state index is 12.8. The van der Waals surface area contributed by atoms with E-state index in [1.807, 2.05) is 0 Å². The fourth-order valence-corrected chi connectivity index (χ4v) is 7.68. The standard InChI is InChI=1S/C61H104O6/c1-4-7-10-13-16-19-21-23-25-27-28-29-30-31-32-34-35-37-39-42-45-48-51-54-60(63)66-57-58(56-65-59(62)53-50-47-44-41-18-15-12-9-6-3)67-61(64)55-52-49-46-43-40-38-36-33-26-24-22-20-17-14-11-8-5-2/h7,10,16,19,23-26,28-29,31-32,35,37,58H,4-6,8-9,11-15,17-18,20-22,27,30,33-34,36,38-57H2,1-3H3/b10-7-,19-16-,25-23-,26-24-,29-28-,32-31-,37-35-. The summed E-state index contributed by atoms with van der Waals surface area (Å²) in [5.74, 6) is -0.914. The van der Waals surface area contributed by atoms with Crippen LogP contribution in [-0.4, -0.2) is 37.2 Å². The molecular formula is C61H104O6. The monoisotopic (exact) mass is 933 g/mol. The Kier molecular flexibility index (Phi) is 52.4. The van der Waals surface area contributed by atoms with E-state index in [-0.39, 0.29) is 31.1 Å². The highest BCUT2D eigenvalue weighted by molar-refractivity contribution is 5.71. The average molecular weight is 933 g/mol. The lowest BCUT2D eigenvalue weighted by molar-refractivity contribution is -0.167. The minimum absolute atomic E-state index is 0.0852. The first-order chi connectivity index (χ1) is 33.0. The quantitative estimate of drug-likeness (QED) is 0.0262. The second-order valence-corrected chi connectivity index (χ2v) is 18.5. The van der Waals surface area contributed by atoms with Crippen LogP contribution >= 0.6 is 0 Å². The minimum atomic E-state index is -0.787. The molecule has 0 spiro atoms. The molecule has 0 rings (SSSR count). The van der Waals surface area contributed by atoms with Crippen LogP contribution in [0.15, 0.2) is 85.1 Å². The van der Waals surface area contributed by atoms with Gasteiger partial charge in [-0.1, -0.05) is 234 Å². The van der Waals surface area contributed by atoms with Crippen LogP contribution in [0, 0.1) is 0 Å². The summed E-state index contributed by atoms with van der Waals surface area (Å²) in [5.41, 5.74) is 0. The van der Waals surface area contributed by atoms with Gasteiger partial charge in [-0.3, -0.25) is 14.4 Å². The van der Waals surface area contributed by atoms with Crippen LogP contribution in [0.2, 0.25) is 0 Å². The highest BCUT2D eigenvalue weighted by atomic mass is 16.6. The van der Waals surface area contributed by atoms with Crippen molar-refractivity contribution in [1.82, 2.24) is 0 Å². The second kappa shape index (κ2) is 55.2. The summed E-state index contributed by atoms with van der Waals surface area (Å²) in [4.78, 5) is 38.0. The summed E-state index contributed by atoms with van der Waals surface area (Å²) in [6.07, 6.45) is 71.5. The molecule has 0 bridgehead atoms. The van der Waals surface area contributed by atoms with Crippen LogP contribution in [0.25, 0.3) is 0 Å². The summed E-state index contributed by atoms with van der Waals surface area (Å²) in [6.45, 7) is 6.48. The van der Waals surface area contributed by atoms with E-state index in [1.165, 1.54) is 116 Å². The van der Waals surface area contributed by atoms with Crippen molar-refractivity contribution in [3.8, 4) is 0 Å². The predicted octanol–water partition coefficient (Wildman–Crippen LogP) is 18.8. The fraction of sp³-hybridized carbons (Fsp3) is 0.721. The lowest BCUT2D eigenvalue weighted by atomic mass is 10.1. The van der Waals surface area contributed by atoms with Crippen molar-refractivity contribution in [2.75, 3.05) is 13.2 Å². The molecule has 0 aliphatic rings. The van der Waals surface area contributed by atoms with E-state index in [0.29, 0.717) is 19.3 Å². The van der Waals surface area contributed by atoms with E-state index < -0.39 is 6.10 Å². The SMILES string of the molecule is CC/C=C\C/C=C\C/C=C\C/C=C\C/C=C\C/C=C\CCCCCCC(=O)OCC(COC(=O)CCCCCCCCCCC)OC(=O)CCCCCCCCC/C=C\CCCCCCCC. The zero-order valence-corrected chi connectivity index (χ0v) is 43.9. The van der Waals surface area contributed by atoms with Crippen LogP contribution in [0.3, 0.4) is 0 Å². The molecule has 384 valence electrons. The Balaban J connectivity index is 4.35. The third kappa shape index (κ3) is 53.4. The first-order valence-electron chi connectivity index (χ1n) is 28.1. The Morgan fingerprint density at radius 3 is 0.925 bits per heavy atom. The average Bonchev–Trinajstić information content (AvgIpc) is 3.33. The molecule has 0 aliphatic heterocycles. The zero-order valence-electron chi connectivity index (χ0n) is 43.9. The van der Waals surface area contributed by atoms with Crippen molar-refractivity contribution >= 4 is 17.9 Å². The molecule has 0 aromatic carbocycles. The number of rotatable bonds is 50. The van der Waals surface area contributed by atoms with Crippen LogP contribution in [0.4, 0.5) is 0 Å². The maximum Gasteiger partial charge on any atom is 0.306 e. The van der Waals surface area contributed by atoms with Gasteiger partial charge in [0.1, 0.15) is 13.2 Å². The highest BCUT2D eigenvalue weighted by Gasteiger charge is 2.19. The molecular weight excluding hydrogens is 829 g/mol. The summed E-state index contributed by atoms with van der Waals surface area (Å²) >= 11 is 0. The van der Waals surface area contributed by atoms with Gasteiger partial charge < -0.3 is 14.2 Å². The molecule has 1 atom stereocenters. The number of carbonyl (C=O) groups is 3. The summed E-state index contributed by atoms with van der Waals surface area (Å²) in [7, 11) is 0. The van der Waals surface area contributed by atoms with E-state index >= 15 is 0 Å². The van der Waals surface area contributed by atoms with E-state index in [9.17, 15) is 14.4 Å². The number of ether oxygens (including phenoxy) is 3. The zero-order chi connectivity index (χ0) is 48.6. The van der Waals surface area contributed by atoms with Gasteiger partial charge in [0.15, 0.2) is 6.10 Å². The number of unbranched alkanes of at least 4 members (excludes halogenated alkanes) is 25. The van der Waals surface area contributed by atoms with Gasteiger partial charge in [-0.25, -0.2) is 0 Å². The van der Waals surface area contributed by atoms with Gasteiger partial charge in [0.25, 0.3) is 0 Å². The molecule has 6 heteroatoms. The normalized spacial score (nSPS) is 12.7. The molecule has 67 heavy (non-hydrogen) atoms. The van der Waals surface area contributed by atoms with Crippen molar-refractivity contribution in [1.29, 1.82) is 0 Å². The largest absolute Gasteiger partial charge is 0.462 e. The maximum atomic E-state index is 12.8.